The van der Waals surface area contributed by atoms with E-state index in [1.165, 1.54) is 17.7 Å². The van der Waals surface area contributed by atoms with Crippen molar-refractivity contribution in [2.24, 2.45) is 5.92 Å². The molecule has 2 aliphatic rings. The van der Waals surface area contributed by atoms with Crippen molar-refractivity contribution in [1.82, 2.24) is 10.1 Å². The first-order valence-electron chi connectivity index (χ1n) is 9.66. The predicted octanol–water partition coefficient (Wildman–Crippen LogP) is 3.54. The van der Waals surface area contributed by atoms with Crippen molar-refractivity contribution in [3.8, 4) is 0 Å². The van der Waals surface area contributed by atoms with E-state index in [2.05, 4.69) is 17.3 Å². The topological polar surface area (TPSA) is 55.6 Å². The monoisotopic (exact) mass is 380 g/mol. The van der Waals surface area contributed by atoms with Crippen LogP contribution in [0.1, 0.15) is 23.6 Å². The Morgan fingerprint density at radius 3 is 2.93 bits per heavy atom. The van der Waals surface area contributed by atoms with Crippen molar-refractivity contribution in [2.45, 2.75) is 24.8 Å². The largest absolute Gasteiger partial charge is 0.381 e. The smallest absolute Gasteiger partial charge is 0.229 e. The summed E-state index contributed by atoms with van der Waals surface area (Å²) in [5.74, 6) is 0.211. The maximum absolute atomic E-state index is 13.6. The zero-order chi connectivity index (χ0) is 19.1. The van der Waals surface area contributed by atoms with Crippen LogP contribution < -0.4 is 0 Å². The lowest BCUT2D eigenvalue weighted by Gasteiger charge is -2.32. The Hall–Kier alpha value is -2.73. The van der Waals surface area contributed by atoms with Crippen LogP contribution in [0.25, 0.3) is 11.0 Å². The summed E-state index contributed by atoms with van der Waals surface area (Å²) in [5, 5.41) is 4.58. The van der Waals surface area contributed by atoms with Gasteiger partial charge >= 0.3 is 0 Å². The molecule has 0 radical (unpaired) electrons. The number of amides is 1. The second-order valence-electron chi connectivity index (χ2n) is 7.60. The van der Waals surface area contributed by atoms with Crippen LogP contribution in [0, 0.1) is 11.7 Å². The zero-order valence-electron chi connectivity index (χ0n) is 15.4. The minimum Gasteiger partial charge on any atom is -0.381 e. The summed E-state index contributed by atoms with van der Waals surface area (Å²) >= 11 is 0. The van der Waals surface area contributed by atoms with Crippen LogP contribution in [-0.2, 0) is 16.0 Å². The third-order valence-electron chi connectivity index (χ3n) is 6.05. The van der Waals surface area contributed by atoms with Gasteiger partial charge in [0.1, 0.15) is 11.5 Å². The van der Waals surface area contributed by atoms with Gasteiger partial charge in [-0.3, -0.25) is 4.79 Å². The van der Waals surface area contributed by atoms with E-state index in [9.17, 15) is 9.18 Å². The van der Waals surface area contributed by atoms with Gasteiger partial charge < -0.3 is 14.2 Å². The molecule has 2 aromatic carbocycles. The van der Waals surface area contributed by atoms with Gasteiger partial charge in [0.05, 0.1) is 13.0 Å². The number of halogens is 1. The van der Waals surface area contributed by atoms with E-state index in [4.69, 9.17) is 9.26 Å². The van der Waals surface area contributed by atoms with E-state index >= 15 is 0 Å². The van der Waals surface area contributed by atoms with Crippen molar-refractivity contribution in [1.29, 1.82) is 0 Å². The highest BCUT2D eigenvalue weighted by Gasteiger charge is 2.45. The molecule has 0 N–H and O–H groups in total. The van der Waals surface area contributed by atoms with E-state index in [0.717, 1.165) is 6.42 Å². The fourth-order valence-electron chi connectivity index (χ4n) is 4.68. The molecule has 2 fully saturated rings. The van der Waals surface area contributed by atoms with Crippen LogP contribution >= 0.6 is 0 Å². The standard InChI is InChI=1S/C22H21FN2O3/c23-15-6-7-21-16(10-15)19(24-28-21)11-22(26)25-12-17(14-4-2-1-3-5-14)18-13-27-9-8-20(18)25/h1-7,10,17-18,20H,8-9,11-13H2/t17-,18+,20-/m1/s1. The lowest BCUT2D eigenvalue weighted by molar-refractivity contribution is -0.133. The Labute approximate surface area is 162 Å². The van der Waals surface area contributed by atoms with Gasteiger partial charge in [-0.25, -0.2) is 4.39 Å². The van der Waals surface area contributed by atoms with E-state index < -0.39 is 0 Å². The molecular formula is C22H21FN2O3. The number of hydrogen-bond acceptors (Lipinski definition) is 4. The number of carbonyl (C=O) groups is 1. The Morgan fingerprint density at radius 1 is 1.21 bits per heavy atom. The molecule has 5 rings (SSSR count). The predicted molar refractivity (Wildman–Crippen MR) is 101 cm³/mol. The minimum atomic E-state index is -0.362. The molecule has 2 aliphatic heterocycles. The average Bonchev–Trinajstić information content (AvgIpc) is 3.30. The molecule has 6 heteroatoms. The van der Waals surface area contributed by atoms with Gasteiger partial charge in [-0.1, -0.05) is 35.5 Å². The number of hydrogen-bond donors (Lipinski definition) is 0. The number of nitrogens with zero attached hydrogens (tertiary/aromatic N) is 2. The summed E-state index contributed by atoms with van der Waals surface area (Å²) in [7, 11) is 0. The highest BCUT2D eigenvalue weighted by Crippen LogP contribution is 2.41. The van der Waals surface area contributed by atoms with Gasteiger partial charge in [-0.2, -0.15) is 0 Å². The summed E-state index contributed by atoms with van der Waals surface area (Å²) in [6.45, 7) is 2.02. The summed E-state index contributed by atoms with van der Waals surface area (Å²) in [6.07, 6.45) is 0.954. The van der Waals surface area contributed by atoms with E-state index in [1.54, 1.807) is 6.07 Å². The fraction of sp³-hybridized carbons (Fsp3) is 0.364. The molecule has 0 aliphatic carbocycles. The number of fused-ring (bicyclic) bond motifs is 2. The molecule has 1 amide bonds. The van der Waals surface area contributed by atoms with Gasteiger partial charge in [-0.15, -0.1) is 0 Å². The van der Waals surface area contributed by atoms with E-state index in [1.807, 2.05) is 23.1 Å². The molecule has 0 unspecified atom stereocenters. The Morgan fingerprint density at radius 2 is 2.07 bits per heavy atom. The summed E-state index contributed by atoms with van der Waals surface area (Å²) < 4.78 is 24.6. The number of rotatable bonds is 3. The quantitative estimate of drug-likeness (QED) is 0.697. The van der Waals surface area contributed by atoms with Crippen molar-refractivity contribution < 1.29 is 18.4 Å². The van der Waals surface area contributed by atoms with Gasteiger partial charge in [0, 0.05) is 36.4 Å². The summed E-state index contributed by atoms with van der Waals surface area (Å²) in [5.41, 5.74) is 2.23. The first-order chi connectivity index (χ1) is 13.7. The molecular weight excluding hydrogens is 359 g/mol. The first-order valence-corrected chi connectivity index (χ1v) is 9.66. The van der Waals surface area contributed by atoms with Crippen molar-refractivity contribution >= 4 is 16.9 Å². The van der Waals surface area contributed by atoms with E-state index in [-0.39, 0.29) is 30.1 Å². The summed E-state index contributed by atoms with van der Waals surface area (Å²) in [4.78, 5) is 15.2. The second-order valence-corrected chi connectivity index (χ2v) is 7.60. The molecule has 144 valence electrons. The van der Waals surface area contributed by atoms with Gasteiger partial charge in [0.25, 0.3) is 0 Å². The second kappa shape index (κ2) is 7.02. The highest BCUT2D eigenvalue weighted by atomic mass is 19.1. The van der Waals surface area contributed by atoms with Crippen molar-refractivity contribution in [3.05, 3.63) is 65.6 Å². The van der Waals surface area contributed by atoms with Gasteiger partial charge in [0.15, 0.2) is 5.58 Å². The lowest BCUT2D eigenvalue weighted by atomic mass is 9.84. The number of likely N-dealkylation sites (tertiary alicyclic amines) is 1. The van der Waals surface area contributed by atoms with Crippen LogP contribution in [-0.4, -0.2) is 41.8 Å². The van der Waals surface area contributed by atoms with Crippen LogP contribution in [0.5, 0.6) is 0 Å². The molecule has 3 aromatic rings. The van der Waals surface area contributed by atoms with Crippen molar-refractivity contribution in [2.75, 3.05) is 19.8 Å². The van der Waals surface area contributed by atoms with E-state index in [0.29, 0.717) is 42.3 Å². The Bertz CT molecular complexity index is 1000. The molecule has 0 spiro atoms. The molecule has 0 saturated carbocycles. The molecule has 5 nitrogen and oxygen atoms in total. The maximum atomic E-state index is 13.6. The minimum absolute atomic E-state index is 0.00907. The molecule has 1 aromatic heterocycles. The average molecular weight is 380 g/mol. The lowest BCUT2D eigenvalue weighted by Crippen LogP contribution is -2.42. The number of benzene rings is 2. The summed E-state index contributed by atoms with van der Waals surface area (Å²) in [6, 6.07) is 14.7. The highest BCUT2D eigenvalue weighted by molar-refractivity contribution is 5.86. The molecule has 0 bridgehead atoms. The first kappa shape index (κ1) is 17.4. The molecule has 3 heterocycles. The number of carbonyl (C=O) groups excluding carboxylic acids is 1. The van der Waals surface area contributed by atoms with Crippen molar-refractivity contribution in [3.63, 3.8) is 0 Å². The maximum Gasteiger partial charge on any atom is 0.229 e. The Balaban J connectivity index is 1.41. The Kier molecular flexibility index (Phi) is 4.36. The number of ether oxygens (including phenoxy) is 1. The van der Waals surface area contributed by atoms with Gasteiger partial charge in [-0.05, 0) is 30.2 Å². The zero-order valence-corrected chi connectivity index (χ0v) is 15.4. The SMILES string of the molecule is O=C(Cc1noc2ccc(F)cc12)N1C[C@H](c2ccccc2)[C@@H]2COCC[C@H]21. The van der Waals surface area contributed by atoms with Crippen LogP contribution in [0.2, 0.25) is 0 Å². The third kappa shape index (κ3) is 2.98. The third-order valence-corrected chi connectivity index (χ3v) is 6.05. The normalized spacial score (nSPS) is 24.5. The molecule has 2 saturated heterocycles. The van der Waals surface area contributed by atoms with Crippen LogP contribution in [0.3, 0.4) is 0 Å². The number of aromatic nitrogens is 1. The van der Waals surface area contributed by atoms with Gasteiger partial charge in [0.2, 0.25) is 5.91 Å². The molecule has 3 atom stereocenters. The molecule has 28 heavy (non-hydrogen) atoms. The fourth-order valence-corrected chi connectivity index (χ4v) is 4.68. The van der Waals surface area contributed by atoms with Crippen LogP contribution in [0.4, 0.5) is 4.39 Å². The van der Waals surface area contributed by atoms with Crippen LogP contribution in [0.15, 0.2) is 53.1 Å².